The number of carbonyl (C=O) groups excluding carboxylic acids is 1. The molecule has 0 aromatic heterocycles. The third kappa shape index (κ3) is 4.15. The highest BCUT2D eigenvalue weighted by Crippen LogP contribution is 2.14. The standard InChI is InChI=1S/C12H23N3O3S/c1-19(17,18)15-8-5-10(6-9-15)14-12(16)11-4-2-3-7-13-11/h10-11,13H,2-9H2,1H3,(H,14,16)/t11-/m1/s1. The first-order chi connectivity index (χ1) is 8.97. The molecule has 0 radical (unpaired) electrons. The Morgan fingerprint density at radius 2 is 1.89 bits per heavy atom. The number of nitrogens with one attached hydrogen (secondary N) is 2. The van der Waals surface area contributed by atoms with Crippen LogP contribution in [-0.2, 0) is 14.8 Å². The van der Waals surface area contributed by atoms with Crippen LogP contribution in [0.25, 0.3) is 0 Å². The van der Waals surface area contributed by atoms with E-state index in [0.29, 0.717) is 25.9 Å². The molecule has 2 heterocycles. The molecule has 2 saturated heterocycles. The maximum Gasteiger partial charge on any atom is 0.237 e. The van der Waals surface area contributed by atoms with E-state index in [0.717, 1.165) is 25.8 Å². The lowest BCUT2D eigenvalue weighted by Crippen LogP contribution is -2.52. The highest BCUT2D eigenvalue weighted by Gasteiger charge is 2.28. The minimum atomic E-state index is -3.09. The Kier molecular flexibility index (Phi) is 4.81. The fourth-order valence-corrected chi connectivity index (χ4v) is 3.58. The minimum absolute atomic E-state index is 0.0671. The van der Waals surface area contributed by atoms with Gasteiger partial charge in [0.1, 0.15) is 0 Å². The molecule has 7 heteroatoms. The van der Waals surface area contributed by atoms with Crippen molar-refractivity contribution in [3.63, 3.8) is 0 Å². The number of nitrogens with zero attached hydrogens (tertiary/aromatic N) is 1. The van der Waals surface area contributed by atoms with E-state index < -0.39 is 10.0 Å². The normalized spacial score (nSPS) is 27.1. The minimum Gasteiger partial charge on any atom is -0.352 e. The summed E-state index contributed by atoms with van der Waals surface area (Å²) < 4.78 is 24.3. The second kappa shape index (κ2) is 6.19. The van der Waals surface area contributed by atoms with Crippen LogP contribution in [0, 0.1) is 0 Å². The highest BCUT2D eigenvalue weighted by atomic mass is 32.2. The van der Waals surface area contributed by atoms with Gasteiger partial charge in [0.25, 0.3) is 0 Å². The van der Waals surface area contributed by atoms with Gasteiger partial charge in [-0.2, -0.15) is 0 Å². The molecule has 0 unspecified atom stereocenters. The van der Waals surface area contributed by atoms with E-state index >= 15 is 0 Å². The molecule has 1 amide bonds. The lowest BCUT2D eigenvalue weighted by Gasteiger charge is -2.32. The van der Waals surface area contributed by atoms with E-state index in [9.17, 15) is 13.2 Å². The van der Waals surface area contributed by atoms with E-state index in [-0.39, 0.29) is 18.0 Å². The fraction of sp³-hybridized carbons (Fsp3) is 0.917. The first kappa shape index (κ1) is 14.7. The van der Waals surface area contributed by atoms with Gasteiger partial charge < -0.3 is 10.6 Å². The molecule has 19 heavy (non-hydrogen) atoms. The number of sulfonamides is 1. The first-order valence-corrected chi connectivity index (χ1v) is 8.80. The first-order valence-electron chi connectivity index (χ1n) is 6.96. The average molecular weight is 289 g/mol. The van der Waals surface area contributed by atoms with Crippen LogP contribution in [0.15, 0.2) is 0 Å². The predicted molar refractivity (Wildman–Crippen MR) is 73.2 cm³/mol. The zero-order valence-corrected chi connectivity index (χ0v) is 12.2. The van der Waals surface area contributed by atoms with Crippen molar-refractivity contribution in [2.24, 2.45) is 0 Å². The molecule has 2 N–H and O–H groups in total. The fourth-order valence-electron chi connectivity index (χ4n) is 2.71. The number of amides is 1. The molecule has 2 aliphatic rings. The van der Waals surface area contributed by atoms with Gasteiger partial charge in [0.15, 0.2) is 0 Å². The van der Waals surface area contributed by atoms with Crippen LogP contribution >= 0.6 is 0 Å². The van der Waals surface area contributed by atoms with Gasteiger partial charge in [-0.25, -0.2) is 12.7 Å². The van der Waals surface area contributed by atoms with Gasteiger partial charge in [-0.1, -0.05) is 6.42 Å². The lowest BCUT2D eigenvalue weighted by atomic mass is 10.0. The molecule has 0 bridgehead atoms. The lowest BCUT2D eigenvalue weighted by molar-refractivity contribution is -0.124. The van der Waals surface area contributed by atoms with Crippen molar-refractivity contribution in [2.45, 2.75) is 44.2 Å². The molecule has 0 aromatic rings. The predicted octanol–water partition coefficient (Wildman–Crippen LogP) is -0.331. The van der Waals surface area contributed by atoms with Gasteiger partial charge in [0.05, 0.1) is 12.3 Å². The summed E-state index contributed by atoms with van der Waals surface area (Å²) in [5.41, 5.74) is 0. The van der Waals surface area contributed by atoms with Crippen molar-refractivity contribution in [1.29, 1.82) is 0 Å². The van der Waals surface area contributed by atoms with Crippen molar-refractivity contribution in [2.75, 3.05) is 25.9 Å². The second-order valence-corrected chi connectivity index (χ2v) is 7.43. The van der Waals surface area contributed by atoms with Gasteiger partial charge >= 0.3 is 0 Å². The number of rotatable bonds is 3. The quantitative estimate of drug-likeness (QED) is 0.745. The summed E-state index contributed by atoms with van der Waals surface area (Å²) in [5.74, 6) is 0.0671. The molecule has 6 nitrogen and oxygen atoms in total. The molecular weight excluding hydrogens is 266 g/mol. The van der Waals surface area contributed by atoms with Gasteiger partial charge in [-0.05, 0) is 32.2 Å². The van der Waals surface area contributed by atoms with Crippen LogP contribution in [-0.4, -0.2) is 56.6 Å². The molecule has 0 spiro atoms. The van der Waals surface area contributed by atoms with Crippen molar-refractivity contribution in [1.82, 2.24) is 14.9 Å². The molecule has 0 aliphatic carbocycles. The molecule has 2 aliphatic heterocycles. The van der Waals surface area contributed by atoms with Crippen LogP contribution < -0.4 is 10.6 Å². The maximum absolute atomic E-state index is 12.0. The van der Waals surface area contributed by atoms with Gasteiger partial charge in [0.2, 0.25) is 15.9 Å². The van der Waals surface area contributed by atoms with E-state index in [4.69, 9.17) is 0 Å². The third-order valence-electron chi connectivity index (χ3n) is 3.90. The maximum atomic E-state index is 12.0. The van der Waals surface area contributed by atoms with E-state index in [1.807, 2.05) is 0 Å². The molecule has 110 valence electrons. The number of hydrogen-bond donors (Lipinski definition) is 2. The van der Waals surface area contributed by atoms with Crippen molar-refractivity contribution >= 4 is 15.9 Å². The third-order valence-corrected chi connectivity index (χ3v) is 5.20. The zero-order chi connectivity index (χ0) is 13.9. The molecule has 1 atom stereocenters. The topological polar surface area (TPSA) is 78.5 Å². The summed E-state index contributed by atoms with van der Waals surface area (Å²) in [6.45, 7) is 1.91. The number of carbonyl (C=O) groups is 1. The monoisotopic (exact) mass is 289 g/mol. The average Bonchev–Trinajstić information content (AvgIpc) is 2.39. The Labute approximate surface area is 115 Å². The summed E-state index contributed by atoms with van der Waals surface area (Å²) in [6, 6.07) is 0.0379. The Bertz CT molecular complexity index is 410. The van der Waals surface area contributed by atoms with Gasteiger partial charge in [-0.15, -0.1) is 0 Å². The van der Waals surface area contributed by atoms with E-state index in [2.05, 4.69) is 10.6 Å². The Balaban J connectivity index is 1.77. The smallest absolute Gasteiger partial charge is 0.237 e. The second-order valence-electron chi connectivity index (χ2n) is 5.45. The largest absolute Gasteiger partial charge is 0.352 e. The van der Waals surface area contributed by atoms with E-state index in [1.165, 1.54) is 10.6 Å². The van der Waals surface area contributed by atoms with Crippen molar-refractivity contribution in [3.05, 3.63) is 0 Å². The summed E-state index contributed by atoms with van der Waals surface area (Å²) in [6.07, 6.45) is 5.76. The number of piperidine rings is 2. The van der Waals surface area contributed by atoms with Crippen LogP contribution in [0.2, 0.25) is 0 Å². The summed E-state index contributed by atoms with van der Waals surface area (Å²) in [5, 5.41) is 6.26. The molecule has 0 aromatic carbocycles. The summed E-state index contributed by atoms with van der Waals surface area (Å²) >= 11 is 0. The Morgan fingerprint density at radius 1 is 1.21 bits per heavy atom. The number of hydrogen-bond acceptors (Lipinski definition) is 4. The van der Waals surface area contributed by atoms with Gasteiger partial charge in [-0.3, -0.25) is 4.79 Å². The highest BCUT2D eigenvalue weighted by molar-refractivity contribution is 7.88. The van der Waals surface area contributed by atoms with Crippen LogP contribution in [0.4, 0.5) is 0 Å². The van der Waals surface area contributed by atoms with Crippen LogP contribution in [0.5, 0.6) is 0 Å². The van der Waals surface area contributed by atoms with Crippen LogP contribution in [0.3, 0.4) is 0 Å². The van der Waals surface area contributed by atoms with Crippen molar-refractivity contribution < 1.29 is 13.2 Å². The summed E-state index contributed by atoms with van der Waals surface area (Å²) in [4.78, 5) is 12.0. The van der Waals surface area contributed by atoms with Crippen LogP contribution in [0.1, 0.15) is 32.1 Å². The van der Waals surface area contributed by atoms with E-state index in [1.54, 1.807) is 0 Å². The SMILES string of the molecule is CS(=O)(=O)N1CCC(NC(=O)[C@H]2CCCCN2)CC1. The Hall–Kier alpha value is -0.660. The molecule has 2 rings (SSSR count). The van der Waals surface area contributed by atoms with Crippen molar-refractivity contribution in [3.8, 4) is 0 Å². The molecule has 2 fully saturated rings. The summed E-state index contributed by atoms with van der Waals surface area (Å²) in [7, 11) is -3.09. The Morgan fingerprint density at radius 3 is 2.42 bits per heavy atom. The zero-order valence-electron chi connectivity index (χ0n) is 11.4. The molecular formula is C12H23N3O3S. The van der Waals surface area contributed by atoms with Gasteiger partial charge in [0, 0.05) is 19.1 Å². The molecule has 0 saturated carbocycles.